The van der Waals surface area contributed by atoms with Gasteiger partial charge >= 0.3 is 6.09 Å². The van der Waals surface area contributed by atoms with E-state index in [2.05, 4.69) is 25.0 Å². The lowest BCUT2D eigenvalue weighted by atomic mass is 9.95. The summed E-state index contributed by atoms with van der Waals surface area (Å²) in [5.41, 5.74) is 1.35. The summed E-state index contributed by atoms with van der Waals surface area (Å²) in [6.07, 6.45) is 1.61. The number of carbonyl (C=O) groups is 2. The van der Waals surface area contributed by atoms with E-state index in [0.29, 0.717) is 52.7 Å². The van der Waals surface area contributed by atoms with Gasteiger partial charge in [0.1, 0.15) is 23.8 Å². The summed E-state index contributed by atoms with van der Waals surface area (Å²) in [6, 6.07) is 7.09. The summed E-state index contributed by atoms with van der Waals surface area (Å²) >= 11 is 0. The van der Waals surface area contributed by atoms with Crippen LogP contribution in [0, 0.1) is 11.6 Å². The van der Waals surface area contributed by atoms with Crippen molar-refractivity contribution in [2.45, 2.75) is 51.0 Å². The van der Waals surface area contributed by atoms with Gasteiger partial charge < -0.3 is 24.0 Å². The van der Waals surface area contributed by atoms with E-state index in [1.165, 1.54) is 54.5 Å². The number of piperidine rings is 1. The fourth-order valence-electron chi connectivity index (χ4n) is 5.71. The zero-order valence-corrected chi connectivity index (χ0v) is 25.0. The molecule has 6 rings (SSSR count). The Morgan fingerprint density at radius 1 is 1.07 bits per heavy atom. The van der Waals surface area contributed by atoms with Crippen LogP contribution in [-0.4, -0.2) is 76.8 Å². The van der Waals surface area contributed by atoms with Crippen molar-refractivity contribution in [1.82, 2.24) is 25.0 Å². The molecule has 2 fully saturated rings. The third kappa shape index (κ3) is 5.53. The average Bonchev–Trinajstić information content (AvgIpc) is 3.64. The van der Waals surface area contributed by atoms with Gasteiger partial charge in [0.25, 0.3) is 5.91 Å². The first kappa shape index (κ1) is 29.4. The number of benzene rings is 2. The highest BCUT2D eigenvalue weighted by molar-refractivity contribution is 6.01. The number of amides is 2. The predicted molar refractivity (Wildman–Crippen MR) is 158 cm³/mol. The van der Waals surface area contributed by atoms with E-state index in [1.807, 2.05) is 13.8 Å². The number of ether oxygens (including phenoxy) is 1. The first-order valence-electron chi connectivity index (χ1n) is 14.6. The number of fused-ring (bicyclic) bond motifs is 1. The molecule has 230 valence electrons. The van der Waals surface area contributed by atoms with Crippen LogP contribution in [0.25, 0.3) is 22.0 Å². The SMILES string of the molecule is CC(C)c1nc(C2CCN(c3ncnc4c(-c5ccc(N6CCC(OC(=O)N(C)C)C6=O)c(F)c5)cc(F)cc34)CC2)no1. The maximum absolute atomic E-state index is 15.5. The summed E-state index contributed by atoms with van der Waals surface area (Å²) in [7, 11) is 3.04. The minimum absolute atomic E-state index is 0.0585. The van der Waals surface area contributed by atoms with Gasteiger partial charge in [-0.25, -0.2) is 23.5 Å². The molecule has 1 unspecified atom stereocenters. The minimum Gasteiger partial charge on any atom is -0.436 e. The van der Waals surface area contributed by atoms with Crippen molar-refractivity contribution < 1.29 is 27.6 Å². The Morgan fingerprint density at radius 3 is 2.52 bits per heavy atom. The zero-order valence-electron chi connectivity index (χ0n) is 25.0. The van der Waals surface area contributed by atoms with Gasteiger partial charge in [-0.3, -0.25) is 4.79 Å². The van der Waals surface area contributed by atoms with E-state index in [-0.39, 0.29) is 30.5 Å². The summed E-state index contributed by atoms with van der Waals surface area (Å²) in [5.74, 6) is 0.586. The van der Waals surface area contributed by atoms with Crippen molar-refractivity contribution in [3.63, 3.8) is 0 Å². The minimum atomic E-state index is -0.985. The molecule has 2 aromatic heterocycles. The number of nitrogens with zero attached hydrogens (tertiary/aromatic N) is 7. The standard InChI is InChI=1S/C31H33F2N7O4/c1-17(2)29-36-27(37-44-29)18-7-10-39(11-8-18)28-22-15-20(32)14-21(26(22)34-16-35-28)19-5-6-24(23(33)13-19)40-12-9-25(30(40)41)43-31(42)38(3)4/h5-6,13-18,25H,7-12H2,1-4H3. The van der Waals surface area contributed by atoms with Crippen LogP contribution in [0.2, 0.25) is 0 Å². The van der Waals surface area contributed by atoms with Crippen molar-refractivity contribution in [1.29, 1.82) is 0 Å². The van der Waals surface area contributed by atoms with Crippen LogP contribution in [-0.2, 0) is 9.53 Å². The summed E-state index contributed by atoms with van der Waals surface area (Å²) < 4.78 is 41.2. The number of carbonyl (C=O) groups excluding carboxylic acids is 2. The van der Waals surface area contributed by atoms with Crippen molar-refractivity contribution in [3.8, 4) is 11.1 Å². The molecule has 11 nitrogen and oxygen atoms in total. The van der Waals surface area contributed by atoms with E-state index >= 15 is 8.78 Å². The average molecular weight is 606 g/mol. The Bertz CT molecular complexity index is 1720. The molecule has 2 saturated heterocycles. The monoisotopic (exact) mass is 605 g/mol. The molecule has 44 heavy (non-hydrogen) atoms. The molecule has 4 aromatic rings. The summed E-state index contributed by atoms with van der Waals surface area (Å²) in [6.45, 7) is 5.53. The zero-order chi connectivity index (χ0) is 31.1. The van der Waals surface area contributed by atoms with E-state index < -0.39 is 29.7 Å². The van der Waals surface area contributed by atoms with Gasteiger partial charge in [0, 0.05) is 62.9 Å². The quantitative estimate of drug-likeness (QED) is 0.290. The predicted octanol–water partition coefficient (Wildman–Crippen LogP) is 5.27. The second-order valence-corrected chi connectivity index (χ2v) is 11.7. The fraction of sp³-hybridized carbons (Fsp3) is 0.419. The highest BCUT2D eigenvalue weighted by Crippen LogP contribution is 2.37. The van der Waals surface area contributed by atoms with E-state index in [4.69, 9.17) is 9.26 Å². The van der Waals surface area contributed by atoms with E-state index in [9.17, 15) is 9.59 Å². The number of anilines is 2. The Hall–Kier alpha value is -4.68. The first-order chi connectivity index (χ1) is 21.1. The maximum Gasteiger partial charge on any atom is 0.410 e. The Balaban J connectivity index is 1.24. The molecule has 2 amide bonds. The van der Waals surface area contributed by atoms with Crippen LogP contribution in [0.4, 0.5) is 25.1 Å². The van der Waals surface area contributed by atoms with Crippen molar-refractivity contribution in [2.75, 3.05) is 43.5 Å². The lowest BCUT2D eigenvalue weighted by molar-refractivity contribution is -0.124. The lowest BCUT2D eigenvalue weighted by Crippen LogP contribution is -2.35. The van der Waals surface area contributed by atoms with Gasteiger partial charge in [-0.15, -0.1) is 0 Å². The maximum atomic E-state index is 15.5. The third-order valence-electron chi connectivity index (χ3n) is 8.11. The van der Waals surface area contributed by atoms with E-state index in [1.54, 1.807) is 6.07 Å². The highest BCUT2D eigenvalue weighted by atomic mass is 19.1. The highest BCUT2D eigenvalue weighted by Gasteiger charge is 2.37. The van der Waals surface area contributed by atoms with Gasteiger partial charge in [-0.05, 0) is 42.7 Å². The molecule has 0 saturated carbocycles. The molecule has 4 heterocycles. The number of aromatic nitrogens is 4. The molecule has 2 aliphatic rings. The summed E-state index contributed by atoms with van der Waals surface area (Å²) in [4.78, 5) is 42.9. The number of halogens is 2. The van der Waals surface area contributed by atoms with Crippen LogP contribution in [0.15, 0.2) is 41.2 Å². The van der Waals surface area contributed by atoms with Gasteiger partial charge in [0.05, 0.1) is 11.2 Å². The molecule has 0 aliphatic carbocycles. The second kappa shape index (κ2) is 11.8. The van der Waals surface area contributed by atoms with Gasteiger partial charge in [0.2, 0.25) is 5.89 Å². The lowest BCUT2D eigenvalue weighted by Gasteiger charge is -2.32. The molecule has 13 heteroatoms. The Morgan fingerprint density at radius 2 is 1.84 bits per heavy atom. The summed E-state index contributed by atoms with van der Waals surface area (Å²) in [5, 5.41) is 4.70. The Labute approximate surface area is 252 Å². The molecule has 1 atom stereocenters. The smallest absolute Gasteiger partial charge is 0.410 e. The van der Waals surface area contributed by atoms with Crippen molar-refractivity contribution in [2.24, 2.45) is 0 Å². The van der Waals surface area contributed by atoms with Crippen LogP contribution in [0.1, 0.15) is 56.7 Å². The van der Waals surface area contributed by atoms with E-state index in [0.717, 1.165) is 12.8 Å². The molecule has 0 radical (unpaired) electrons. The first-order valence-corrected chi connectivity index (χ1v) is 14.6. The number of rotatable bonds is 6. The van der Waals surface area contributed by atoms with Crippen LogP contribution in [0.5, 0.6) is 0 Å². The second-order valence-electron chi connectivity index (χ2n) is 11.7. The van der Waals surface area contributed by atoms with Crippen molar-refractivity contribution in [3.05, 3.63) is 60.0 Å². The third-order valence-corrected chi connectivity index (χ3v) is 8.11. The topological polar surface area (TPSA) is 118 Å². The normalized spacial score (nSPS) is 17.6. The van der Waals surface area contributed by atoms with Gasteiger partial charge in [-0.2, -0.15) is 4.98 Å². The van der Waals surface area contributed by atoms with Gasteiger partial charge in [0.15, 0.2) is 11.9 Å². The Kier molecular flexibility index (Phi) is 7.87. The molecule has 0 spiro atoms. The van der Waals surface area contributed by atoms with Crippen LogP contribution in [0.3, 0.4) is 0 Å². The van der Waals surface area contributed by atoms with Crippen LogP contribution >= 0.6 is 0 Å². The largest absolute Gasteiger partial charge is 0.436 e. The number of hydrogen-bond acceptors (Lipinski definition) is 9. The molecule has 2 aliphatic heterocycles. The van der Waals surface area contributed by atoms with Crippen molar-refractivity contribution >= 4 is 34.4 Å². The fourth-order valence-corrected chi connectivity index (χ4v) is 5.71. The van der Waals surface area contributed by atoms with Gasteiger partial charge in [-0.1, -0.05) is 25.1 Å². The number of hydrogen-bond donors (Lipinski definition) is 0. The molecule has 0 bridgehead atoms. The van der Waals surface area contributed by atoms with Crippen LogP contribution < -0.4 is 9.80 Å². The molecule has 0 N–H and O–H groups in total. The molecular weight excluding hydrogens is 572 g/mol. The molecule has 2 aromatic carbocycles. The molecular formula is C31H33F2N7O4.